The molecule has 0 saturated heterocycles. The number of benzene rings is 2. The molecule has 2 aromatic carbocycles. The van der Waals surface area contributed by atoms with E-state index >= 15 is 0 Å². The molecule has 0 N–H and O–H groups in total. The molecule has 1 aliphatic rings. The second-order valence-electron chi connectivity index (χ2n) is 7.30. The van der Waals surface area contributed by atoms with Crippen LogP contribution in [0.15, 0.2) is 45.6 Å². The molecule has 0 bridgehead atoms. The van der Waals surface area contributed by atoms with Crippen molar-refractivity contribution < 1.29 is 18.7 Å². The molecule has 0 fully saturated rings. The van der Waals surface area contributed by atoms with Gasteiger partial charge in [0.1, 0.15) is 11.3 Å². The van der Waals surface area contributed by atoms with Crippen molar-refractivity contribution in [3.8, 4) is 5.75 Å². The predicted octanol–water partition coefficient (Wildman–Crippen LogP) is 3.61. The van der Waals surface area contributed by atoms with Crippen LogP contribution >= 0.6 is 0 Å². The maximum absolute atomic E-state index is 13.6. The Morgan fingerprint density at radius 3 is 2.62 bits per heavy atom. The molecule has 150 valence electrons. The number of amides is 1. The van der Waals surface area contributed by atoms with Crippen LogP contribution in [0, 0.1) is 13.8 Å². The molecule has 1 atom stereocenters. The molecule has 0 spiro atoms. The molecule has 2 heterocycles. The quantitative estimate of drug-likeness (QED) is 0.662. The van der Waals surface area contributed by atoms with Gasteiger partial charge in [-0.05, 0) is 48.7 Å². The number of ether oxygens (including phenoxy) is 2. The number of aryl methyl sites for hydroxylation is 2. The van der Waals surface area contributed by atoms with E-state index in [1.54, 1.807) is 25.2 Å². The van der Waals surface area contributed by atoms with Gasteiger partial charge in [0.05, 0.1) is 30.7 Å². The van der Waals surface area contributed by atoms with E-state index < -0.39 is 6.04 Å². The number of hydrogen-bond donors (Lipinski definition) is 0. The molecule has 1 aliphatic heterocycles. The summed E-state index contributed by atoms with van der Waals surface area (Å²) in [6.07, 6.45) is 0. The van der Waals surface area contributed by atoms with E-state index in [9.17, 15) is 9.59 Å². The maximum Gasteiger partial charge on any atom is 0.290 e. The highest BCUT2D eigenvalue weighted by Gasteiger charge is 2.42. The highest BCUT2D eigenvalue weighted by Crippen LogP contribution is 2.39. The zero-order chi connectivity index (χ0) is 20.7. The van der Waals surface area contributed by atoms with Gasteiger partial charge in [-0.25, -0.2) is 0 Å². The van der Waals surface area contributed by atoms with Gasteiger partial charge in [-0.15, -0.1) is 0 Å². The number of rotatable bonds is 5. The minimum atomic E-state index is -0.552. The van der Waals surface area contributed by atoms with Gasteiger partial charge in [0.15, 0.2) is 5.43 Å². The first kappa shape index (κ1) is 19.2. The summed E-state index contributed by atoms with van der Waals surface area (Å²) in [4.78, 5) is 28.4. The Balaban J connectivity index is 2.00. The summed E-state index contributed by atoms with van der Waals surface area (Å²) >= 11 is 0. The van der Waals surface area contributed by atoms with Crippen molar-refractivity contribution in [2.24, 2.45) is 0 Å². The third kappa shape index (κ3) is 3.09. The van der Waals surface area contributed by atoms with Crippen molar-refractivity contribution in [1.29, 1.82) is 0 Å². The fourth-order valence-corrected chi connectivity index (χ4v) is 4.09. The lowest BCUT2D eigenvalue weighted by atomic mass is 9.97. The summed E-state index contributed by atoms with van der Waals surface area (Å²) in [5.74, 6) is 0.464. The van der Waals surface area contributed by atoms with E-state index in [1.807, 2.05) is 44.2 Å². The van der Waals surface area contributed by atoms with Crippen LogP contribution in [-0.2, 0) is 4.74 Å². The Morgan fingerprint density at radius 2 is 1.90 bits per heavy atom. The smallest absolute Gasteiger partial charge is 0.290 e. The van der Waals surface area contributed by atoms with Crippen LogP contribution in [0.3, 0.4) is 0 Å². The number of hydrogen-bond acceptors (Lipinski definition) is 5. The number of methoxy groups -OCH3 is 2. The number of fused-ring (bicyclic) bond motifs is 2. The van der Waals surface area contributed by atoms with E-state index in [4.69, 9.17) is 13.9 Å². The monoisotopic (exact) mass is 393 g/mol. The van der Waals surface area contributed by atoms with Gasteiger partial charge in [0.2, 0.25) is 5.76 Å². The first-order chi connectivity index (χ1) is 14.0. The Bertz CT molecular complexity index is 1160. The SMILES string of the molecule is COCCN1C(=O)c2oc3cc(C)cc(C)c3c(=O)c2[C@@H]1c1cccc(OC)c1. The summed E-state index contributed by atoms with van der Waals surface area (Å²) < 4.78 is 16.6. The van der Waals surface area contributed by atoms with Crippen LogP contribution in [0.25, 0.3) is 11.0 Å². The molecule has 3 aromatic rings. The van der Waals surface area contributed by atoms with Crippen molar-refractivity contribution in [1.82, 2.24) is 4.90 Å². The van der Waals surface area contributed by atoms with Gasteiger partial charge in [0.25, 0.3) is 5.91 Å². The summed E-state index contributed by atoms with van der Waals surface area (Å²) in [6, 6.07) is 10.6. The van der Waals surface area contributed by atoms with Gasteiger partial charge in [-0.3, -0.25) is 9.59 Å². The van der Waals surface area contributed by atoms with Crippen molar-refractivity contribution in [3.05, 3.63) is 74.6 Å². The van der Waals surface area contributed by atoms with Crippen LogP contribution in [-0.4, -0.2) is 38.2 Å². The molecule has 0 unspecified atom stereocenters. The first-order valence-corrected chi connectivity index (χ1v) is 9.48. The van der Waals surface area contributed by atoms with Crippen molar-refractivity contribution >= 4 is 16.9 Å². The normalized spacial score (nSPS) is 15.8. The second kappa shape index (κ2) is 7.37. The lowest BCUT2D eigenvalue weighted by molar-refractivity contribution is 0.0663. The van der Waals surface area contributed by atoms with Crippen LogP contribution in [0.4, 0.5) is 0 Å². The molecule has 1 aromatic heterocycles. The number of carbonyl (C=O) groups excluding carboxylic acids is 1. The zero-order valence-corrected chi connectivity index (χ0v) is 16.9. The van der Waals surface area contributed by atoms with Gasteiger partial charge < -0.3 is 18.8 Å². The summed E-state index contributed by atoms with van der Waals surface area (Å²) in [5, 5.41) is 0.517. The average Bonchev–Trinajstić information content (AvgIpc) is 2.98. The van der Waals surface area contributed by atoms with Crippen LogP contribution in [0.1, 0.15) is 38.9 Å². The van der Waals surface area contributed by atoms with Crippen LogP contribution in [0.5, 0.6) is 5.75 Å². The van der Waals surface area contributed by atoms with E-state index in [-0.39, 0.29) is 17.1 Å². The molecule has 1 amide bonds. The summed E-state index contributed by atoms with van der Waals surface area (Å²) in [7, 11) is 3.17. The van der Waals surface area contributed by atoms with Crippen molar-refractivity contribution in [2.45, 2.75) is 19.9 Å². The van der Waals surface area contributed by atoms with Crippen molar-refractivity contribution in [3.63, 3.8) is 0 Å². The maximum atomic E-state index is 13.6. The molecular formula is C23H23NO5. The highest BCUT2D eigenvalue weighted by atomic mass is 16.5. The largest absolute Gasteiger partial charge is 0.497 e. The zero-order valence-electron chi connectivity index (χ0n) is 16.9. The Morgan fingerprint density at radius 1 is 1.10 bits per heavy atom. The lowest BCUT2D eigenvalue weighted by Crippen LogP contribution is -2.32. The molecule has 0 radical (unpaired) electrons. The Labute approximate surface area is 168 Å². The Hall–Kier alpha value is -3.12. The first-order valence-electron chi connectivity index (χ1n) is 9.48. The third-order valence-corrected chi connectivity index (χ3v) is 5.36. The summed E-state index contributed by atoms with van der Waals surface area (Å²) in [5.41, 5.74) is 3.26. The topological polar surface area (TPSA) is 69.0 Å². The number of carbonyl (C=O) groups is 1. The molecule has 29 heavy (non-hydrogen) atoms. The Kier molecular flexibility index (Phi) is 4.88. The molecule has 6 nitrogen and oxygen atoms in total. The van der Waals surface area contributed by atoms with Crippen molar-refractivity contribution in [2.75, 3.05) is 27.4 Å². The lowest BCUT2D eigenvalue weighted by Gasteiger charge is -2.25. The summed E-state index contributed by atoms with van der Waals surface area (Å²) in [6.45, 7) is 4.52. The number of nitrogens with zero attached hydrogens (tertiary/aromatic N) is 1. The second-order valence-corrected chi connectivity index (χ2v) is 7.30. The third-order valence-electron chi connectivity index (χ3n) is 5.36. The fourth-order valence-electron chi connectivity index (χ4n) is 4.09. The van der Waals surface area contributed by atoms with E-state index in [0.717, 1.165) is 16.7 Å². The highest BCUT2D eigenvalue weighted by molar-refractivity contribution is 5.99. The molecule has 4 rings (SSSR count). The standard InChI is InChI=1S/C23H23NO5/c1-13-10-14(2)18-17(11-13)29-22-19(21(18)25)20(24(23(22)26)8-9-27-3)15-6-5-7-16(12-15)28-4/h5-7,10-12,20H,8-9H2,1-4H3/t20-/m0/s1. The molecule has 0 saturated carbocycles. The van der Waals surface area contributed by atoms with Gasteiger partial charge in [-0.2, -0.15) is 0 Å². The molecular weight excluding hydrogens is 370 g/mol. The van der Waals surface area contributed by atoms with E-state index in [1.165, 1.54) is 0 Å². The molecule has 0 aliphatic carbocycles. The van der Waals surface area contributed by atoms with E-state index in [0.29, 0.717) is 35.4 Å². The average molecular weight is 393 g/mol. The van der Waals surface area contributed by atoms with Gasteiger partial charge in [0, 0.05) is 13.7 Å². The minimum absolute atomic E-state index is 0.108. The van der Waals surface area contributed by atoms with Gasteiger partial charge >= 0.3 is 0 Å². The van der Waals surface area contributed by atoms with Gasteiger partial charge in [-0.1, -0.05) is 18.2 Å². The predicted molar refractivity (Wildman–Crippen MR) is 110 cm³/mol. The molecule has 6 heteroatoms. The van der Waals surface area contributed by atoms with Crippen LogP contribution in [0.2, 0.25) is 0 Å². The minimum Gasteiger partial charge on any atom is -0.497 e. The fraction of sp³-hybridized carbons (Fsp3) is 0.304. The van der Waals surface area contributed by atoms with E-state index in [2.05, 4.69) is 0 Å². The van der Waals surface area contributed by atoms with Crippen LogP contribution < -0.4 is 10.2 Å².